The number of benzene rings is 1. The van der Waals surface area contributed by atoms with E-state index in [4.69, 9.17) is 10.5 Å². The van der Waals surface area contributed by atoms with Gasteiger partial charge in [0.25, 0.3) is 11.5 Å². The lowest BCUT2D eigenvalue weighted by Gasteiger charge is -2.33. The minimum Gasteiger partial charge on any atom is -0.493 e. The molecule has 4 aromatic rings. The van der Waals surface area contributed by atoms with Gasteiger partial charge in [0, 0.05) is 38.6 Å². The van der Waals surface area contributed by atoms with Crippen molar-refractivity contribution in [3.8, 4) is 17.1 Å². The van der Waals surface area contributed by atoms with Crippen molar-refractivity contribution in [3.05, 3.63) is 64.3 Å². The van der Waals surface area contributed by atoms with E-state index in [1.807, 2.05) is 19.9 Å². The van der Waals surface area contributed by atoms with Gasteiger partial charge < -0.3 is 20.4 Å². The number of hydrogen-bond acceptors (Lipinski definition) is 9. The first kappa shape index (κ1) is 28.4. The molecule has 216 valence electrons. The number of nitrogens with one attached hydrogen (secondary N) is 1. The number of rotatable bonds is 10. The summed E-state index contributed by atoms with van der Waals surface area (Å²) < 4.78 is 35.9. The molecule has 0 spiro atoms. The number of carbonyl (C=O) groups is 1. The standard InChI is InChI=1S/C27H32N8O5S/c1-3-14-40-21-8-7-19(41(38,39)34-12-10-33(4-2)11-13-34)15-20(21)26-30-22-23(25(28)36)32-35(24(22)27(37)31-26)17-18-6-5-9-29-16-18/h5-9,15-16H,3-4,10-14,17H2,1-2H3,(H2,28,36)(H,30,31,37). The molecular weight excluding hydrogens is 548 g/mol. The Morgan fingerprint density at radius 2 is 1.93 bits per heavy atom. The molecule has 3 aromatic heterocycles. The van der Waals surface area contributed by atoms with E-state index in [0.717, 1.165) is 12.1 Å². The van der Waals surface area contributed by atoms with Gasteiger partial charge in [-0.1, -0.05) is 19.9 Å². The number of piperazine rings is 1. The minimum absolute atomic E-state index is 0.00512. The zero-order chi connectivity index (χ0) is 29.1. The van der Waals surface area contributed by atoms with E-state index < -0.39 is 21.5 Å². The van der Waals surface area contributed by atoms with Gasteiger partial charge in [0.2, 0.25) is 10.0 Å². The number of fused-ring (bicyclic) bond motifs is 1. The summed E-state index contributed by atoms with van der Waals surface area (Å²) in [4.78, 5) is 39.4. The molecule has 1 amide bonds. The summed E-state index contributed by atoms with van der Waals surface area (Å²) in [5.41, 5.74) is 5.95. The smallest absolute Gasteiger partial charge is 0.277 e. The van der Waals surface area contributed by atoms with Gasteiger partial charge in [-0.25, -0.2) is 13.4 Å². The topological polar surface area (TPSA) is 169 Å². The molecule has 1 fully saturated rings. The second kappa shape index (κ2) is 11.8. The van der Waals surface area contributed by atoms with Crippen LogP contribution in [0, 0.1) is 0 Å². The summed E-state index contributed by atoms with van der Waals surface area (Å²) in [6.45, 7) is 7.40. The first-order chi connectivity index (χ1) is 19.7. The van der Waals surface area contributed by atoms with E-state index >= 15 is 0 Å². The van der Waals surface area contributed by atoms with Crippen LogP contribution in [0.4, 0.5) is 0 Å². The van der Waals surface area contributed by atoms with Gasteiger partial charge in [-0.3, -0.25) is 19.3 Å². The Morgan fingerprint density at radius 1 is 1.15 bits per heavy atom. The van der Waals surface area contributed by atoms with Crippen LogP contribution in [-0.2, 0) is 16.6 Å². The fourth-order valence-corrected chi connectivity index (χ4v) is 6.24. The molecule has 13 nitrogen and oxygen atoms in total. The Hall–Kier alpha value is -4.14. The third kappa shape index (κ3) is 5.71. The van der Waals surface area contributed by atoms with Crippen molar-refractivity contribution in [3.63, 3.8) is 0 Å². The molecule has 0 unspecified atom stereocenters. The molecule has 1 aromatic carbocycles. The van der Waals surface area contributed by atoms with Crippen molar-refractivity contribution in [1.82, 2.24) is 33.9 Å². The zero-order valence-corrected chi connectivity index (χ0v) is 23.7. The number of sulfonamides is 1. The Bertz CT molecular complexity index is 1730. The summed E-state index contributed by atoms with van der Waals surface area (Å²) in [6, 6.07) is 8.06. The highest BCUT2D eigenvalue weighted by atomic mass is 32.2. The monoisotopic (exact) mass is 580 g/mol. The number of amides is 1. The highest BCUT2D eigenvalue weighted by Gasteiger charge is 2.29. The molecule has 41 heavy (non-hydrogen) atoms. The predicted octanol–water partition coefficient (Wildman–Crippen LogP) is 1.44. The normalized spacial score (nSPS) is 14.9. The van der Waals surface area contributed by atoms with Crippen LogP contribution in [0.5, 0.6) is 5.75 Å². The Balaban J connectivity index is 1.62. The number of nitrogens with zero attached hydrogens (tertiary/aromatic N) is 6. The fourth-order valence-electron chi connectivity index (χ4n) is 4.79. The third-order valence-electron chi connectivity index (χ3n) is 6.97. The lowest BCUT2D eigenvalue weighted by Crippen LogP contribution is -2.48. The number of nitrogens with two attached hydrogens (primary N) is 1. The molecule has 1 aliphatic heterocycles. The van der Waals surface area contributed by atoms with Crippen LogP contribution >= 0.6 is 0 Å². The van der Waals surface area contributed by atoms with Gasteiger partial charge >= 0.3 is 0 Å². The summed E-state index contributed by atoms with van der Waals surface area (Å²) in [6.07, 6.45) is 3.95. The number of aromatic amines is 1. The first-order valence-electron chi connectivity index (χ1n) is 13.4. The van der Waals surface area contributed by atoms with Gasteiger partial charge in [-0.05, 0) is 42.8 Å². The maximum absolute atomic E-state index is 13.6. The second-order valence-corrected chi connectivity index (χ2v) is 11.6. The largest absolute Gasteiger partial charge is 0.493 e. The number of pyridine rings is 1. The summed E-state index contributed by atoms with van der Waals surface area (Å²) >= 11 is 0. The van der Waals surface area contributed by atoms with Gasteiger partial charge in [-0.15, -0.1) is 0 Å². The fraction of sp³-hybridized carbons (Fsp3) is 0.370. The highest BCUT2D eigenvalue weighted by molar-refractivity contribution is 7.89. The van der Waals surface area contributed by atoms with Crippen molar-refractivity contribution < 1.29 is 17.9 Å². The number of ether oxygens (including phenoxy) is 1. The van der Waals surface area contributed by atoms with Crippen molar-refractivity contribution in [2.75, 3.05) is 39.3 Å². The van der Waals surface area contributed by atoms with Crippen molar-refractivity contribution in [1.29, 1.82) is 0 Å². The molecule has 0 aliphatic carbocycles. The molecule has 0 bridgehead atoms. The van der Waals surface area contributed by atoms with E-state index in [-0.39, 0.29) is 39.6 Å². The average molecular weight is 581 g/mol. The van der Waals surface area contributed by atoms with E-state index in [2.05, 4.69) is 25.0 Å². The molecule has 3 N–H and O–H groups in total. The molecule has 0 radical (unpaired) electrons. The van der Waals surface area contributed by atoms with Gasteiger partial charge in [0.05, 0.1) is 23.6 Å². The van der Waals surface area contributed by atoms with Crippen LogP contribution < -0.4 is 16.0 Å². The van der Waals surface area contributed by atoms with Gasteiger partial charge in [-0.2, -0.15) is 9.40 Å². The van der Waals surface area contributed by atoms with Crippen LogP contribution in [0.25, 0.3) is 22.4 Å². The lowest BCUT2D eigenvalue weighted by atomic mass is 10.1. The predicted molar refractivity (Wildman–Crippen MR) is 152 cm³/mol. The summed E-state index contributed by atoms with van der Waals surface area (Å²) in [5.74, 6) is -0.480. The number of primary amides is 1. The van der Waals surface area contributed by atoms with Crippen molar-refractivity contribution in [2.24, 2.45) is 5.73 Å². The molecule has 4 heterocycles. The van der Waals surface area contributed by atoms with Crippen LogP contribution in [0.2, 0.25) is 0 Å². The third-order valence-corrected chi connectivity index (χ3v) is 8.87. The SMILES string of the molecule is CCCOc1ccc(S(=O)(=O)N2CCN(CC)CC2)cc1-c1nc2c(C(N)=O)nn(Cc3cccnc3)c2c(=O)[nH]1. The van der Waals surface area contributed by atoms with Gasteiger partial charge in [0.15, 0.2) is 11.2 Å². The summed E-state index contributed by atoms with van der Waals surface area (Å²) in [7, 11) is -3.83. The number of carbonyl (C=O) groups excluding carboxylic acids is 1. The second-order valence-electron chi connectivity index (χ2n) is 9.69. The molecule has 1 aliphatic rings. The minimum atomic E-state index is -3.83. The summed E-state index contributed by atoms with van der Waals surface area (Å²) in [5, 5.41) is 4.28. The van der Waals surface area contributed by atoms with E-state index in [0.29, 0.717) is 45.0 Å². The van der Waals surface area contributed by atoms with Crippen LogP contribution in [0.3, 0.4) is 0 Å². The molecular formula is C27H32N8O5S. The van der Waals surface area contributed by atoms with Crippen molar-refractivity contribution in [2.45, 2.75) is 31.7 Å². The average Bonchev–Trinajstić information content (AvgIpc) is 3.35. The highest BCUT2D eigenvalue weighted by Crippen LogP contribution is 2.32. The van der Waals surface area contributed by atoms with E-state index in [1.165, 1.54) is 21.1 Å². The number of hydrogen-bond donors (Lipinski definition) is 2. The van der Waals surface area contributed by atoms with E-state index in [9.17, 15) is 18.0 Å². The molecule has 5 rings (SSSR count). The quantitative estimate of drug-likeness (QED) is 0.282. The number of likely N-dealkylation sites (N-methyl/N-ethyl adjacent to an activating group) is 1. The Morgan fingerprint density at radius 3 is 2.59 bits per heavy atom. The maximum atomic E-state index is 13.6. The molecule has 0 saturated carbocycles. The first-order valence-corrected chi connectivity index (χ1v) is 14.9. The Kier molecular flexibility index (Phi) is 8.15. The van der Waals surface area contributed by atoms with Crippen molar-refractivity contribution >= 4 is 27.0 Å². The number of aromatic nitrogens is 5. The molecule has 14 heteroatoms. The van der Waals surface area contributed by atoms with Gasteiger partial charge in [0.1, 0.15) is 17.1 Å². The van der Waals surface area contributed by atoms with Crippen LogP contribution in [0.1, 0.15) is 36.3 Å². The zero-order valence-electron chi connectivity index (χ0n) is 22.9. The molecule has 1 saturated heterocycles. The molecule has 0 atom stereocenters. The Labute approximate surface area is 237 Å². The van der Waals surface area contributed by atoms with Crippen LogP contribution in [-0.4, -0.2) is 87.6 Å². The lowest BCUT2D eigenvalue weighted by molar-refractivity contribution is 0.0996. The maximum Gasteiger partial charge on any atom is 0.277 e. The van der Waals surface area contributed by atoms with E-state index in [1.54, 1.807) is 24.5 Å². The number of H-pyrrole nitrogens is 1. The van der Waals surface area contributed by atoms with Crippen LogP contribution in [0.15, 0.2) is 52.4 Å².